The number of nitrogens with two attached hydrogens (primary N) is 1. The predicted octanol–water partition coefficient (Wildman–Crippen LogP) is 2.98. The van der Waals surface area contributed by atoms with Gasteiger partial charge in [-0.25, -0.2) is 0 Å². The van der Waals surface area contributed by atoms with Crippen LogP contribution in [0, 0.1) is 6.92 Å². The van der Waals surface area contributed by atoms with Crippen LogP contribution in [0.25, 0.3) is 0 Å². The van der Waals surface area contributed by atoms with Crippen molar-refractivity contribution in [3.05, 3.63) is 29.3 Å². The van der Waals surface area contributed by atoms with Crippen LogP contribution in [0.1, 0.15) is 48.5 Å². The van der Waals surface area contributed by atoms with Gasteiger partial charge in [0.1, 0.15) is 0 Å². The molecule has 2 N–H and O–H groups in total. The van der Waals surface area contributed by atoms with Gasteiger partial charge in [-0.05, 0) is 50.5 Å². The molecule has 0 bridgehead atoms. The summed E-state index contributed by atoms with van der Waals surface area (Å²) < 4.78 is 0. The van der Waals surface area contributed by atoms with E-state index >= 15 is 0 Å². The van der Waals surface area contributed by atoms with Crippen LogP contribution < -0.4 is 5.73 Å². The van der Waals surface area contributed by atoms with Crippen molar-refractivity contribution in [3.63, 3.8) is 0 Å². The maximum atomic E-state index is 12.6. The third-order valence-electron chi connectivity index (χ3n) is 3.85. The molecule has 18 heavy (non-hydrogen) atoms. The van der Waals surface area contributed by atoms with E-state index in [-0.39, 0.29) is 5.91 Å². The van der Waals surface area contributed by atoms with Crippen LogP contribution in [0.2, 0.25) is 0 Å². The summed E-state index contributed by atoms with van der Waals surface area (Å²) in [5.74, 6) is 0.155. The topological polar surface area (TPSA) is 46.3 Å². The molecule has 0 spiro atoms. The molecule has 0 radical (unpaired) electrons. The highest BCUT2D eigenvalue weighted by Crippen LogP contribution is 2.25. The number of aryl methyl sites for hydroxylation is 1. The number of nitrogen functional groups attached to an aromatic ring is 1. The monoisotopic (exact) mass is 246 g/mol. The highest BCUT2D eigenvalue weighted by molar-refractivity contribution is 5.96. The molecule has 1 fully saturated rings. The van der Waals surface area contributed by atoms with Crippen molar-refractivity contribution >= 4 is 11.6 Å². The smallest absolute Gasteiger partial charge is 0.254 e. The second-order valence-electron chi connectivity index (χ2n) is 5.10. The molecule has 3 nitrogen and oxygen atoms in total. The van der Waals surface area contributed by atoms with Gasteiger partial charge in [-0.1, -0.05) is 12.8 Å². The zero-order valence-electron chi connectivity index (χ0n) is 11.3. The van der Waals surface area contributed by atoms with Crippen LogP contribution in [-0.4, -0.2) is 23.4 Å². The number of hydrogen-bond acceptors (Lipinski definition) is 2. The van der Waals surface area contributed by atoms with Gasteiger partial charge >= 0.3 is 0 Å². The van der Waals surface area contributed by atoms with Crippen LogP contribution in [0.3, 0.4) is 0 Å². The average molecular weight is 246 g/mol. The molecule has 0 atom stereocenters. The minimum absolute atomic E-state index is 0.155. The largest absolute Gasteiger partial charge is 0.399 e. The lowest BCUT2D eigenvalue weighted by Gasteiger charge is -2.28. The van der Waals surface area contributed by atoms with Crippen molar-refractivity contribution in [1.82, 2.24) is 4.90 Å². The van der Waals surface area contributed by atoms with Gasteiger partial charge in [0.2, 0.25) is 0 Å². The number of rotatable bonds is 3. The van der Waals surface area contributed by atoms with E-state index in [1.54, 1.807) is 0 Å². The van der Waals surface area contributed by atoms with Crippen molar-refractivity contribution in [2.75, 3.05) is 12.3 Å². The first-order valence-corrected chi connectivity index (χ1v) is 6.80. The lowest BCUT2D eigenvalue weighted by molar-refractivity contribution is 0.0693. The average Bonchev–Trinajstić information content (AvgIpc) is 2.83. The van der Waals surface area contributed by atoms with E-state index in [1.807, 2.05) is 30.0 Å². The maximum Gasteiger partial charge on any atom is 0.254 e. The van der Waals surface area contributed by atoms with Gasteiger partial charge < -0.3 is 10.6 Å². The summed E-state index contributed by atoms with van der Waals surface area (Å²) in [6.45, 7) is 4.79. The Morgan fingerprint density at radius 3 is 2.61 bits per heavy atom. The number of hydrogen-bond donors (Lipinski definition) is 1. The molecular weight excluding hydrogens is 224 g/mol. The van der Waals surface area contributed by atoms with Crippen LogP contribution in [0.15, 0.2) is 18.2 Å². The zero-order valence-corrected chi connectivity index (χ0v) is 11.3. The molecule has 1 aliphatic carbocycles. The first-order valence-electron chi connectivity index (χ1n) is 6.80. The molecule has 0 unspecified atom stereocenters. The number of carbonyl (C=O) groups is 1. The summed E-state index contributed by atoms with van der Waals surface area (Å²) in [5.41, 5.74) is 8.21. The standard InChI is InChI=1S/C15H22N2O/c1-3-17(13-6-4-5-7-13)15(18)14-9-8-12(16)10-11(14)2/h8-10,13H,3-7,16H2,1-2H3. The quantitative estimate of drug-likeness (QED) is 0.833. The van der Waals surface area contributed by atoms with E-state index < -0.39 is 0 Å². The van der Waals surface area contributed by atoms with Gasteiger partial charge in [-0.3, -0.25) is 4.79 Å². The Hall–Kier alpha value is -1.51. The molecule has 1 saturated carbocycles. The fourth-order valence-corrected chi connectivity index (χ4v) is 2.87. The SMILES string of the molecule is CCN(C(=O)c1ccc(N)cc1C)C1CCCC1. The molecular formula is C15H22N2O. The summed E-state index contributed by atoms with van der Waals surface area (Å²) in [5, 5.41) is 0. The van der Waals surface area contributed by atoms with Gasteiger partial charge in [0.05, 0.1) is 0 Å². The second-order valence-corrected chi connectivity index (χ2v) is 5.10. The normalized spacial score (nSPS) is 15.9. The van der Waals surface area contributed by atoms with Crippen LogP contribution in [0.4, 0.5) is 5.69 Å². The number of nitrogens with zero attached hydrogens (tertiary/aromatic N) is 1. The fourth-order valence-electron chi connectivity index (χ4n) is 2.87. The number of benzene rings is 1. The van der Waals surface area contributed by atoms with E-state index in [1.165, 1.54) is 12.8 Å². The van der Waals surface area contributed by atoms with E-state index in [2.05, 4.69) is 6.92 Å². The van der Waals surface area contributed by atoms with E-state index in [0.717, 1.165) is 30.5 Å². The molecule has 0 saturated heterocycles. The minimum atomic E-state index is 0.155. The third-order valence-corrected chi connectivity index (χ3v) is 3.85. The van der Waals surface area contributed by atoms with E-state index in [9.17, 15) is 4.79 Å². The van der Waals surface area contributed by atoms with Crippen molar-refractivity contribution in [2.24, 2.45) is 0 Å². The Morgan fingerprint density at radius 2 is 2.06 bits per heavy atom. The van der Waals surface area contributed by atoms with Crippen molar-refractivity contribution in [3.8, 4) is 0 Å². The number of anilines is 1. The Labute approximate surface area is 109 Å². The Morgan fingerprint density at radius 1 is 1.39 bits per heavy atom. The molecule has 1 amide bonds. The highest BCUT2D eigenvalue weighted by atomic mass is 16.2. The Bertz CT molecular complexity index is 436. The molecule has 1 aromatic rings. The molecule has 0 heterocycles. The zero-order chi connectivity index (χ0) is 13.1. The van der Waals surface area contributed by atoms with Gasteiger partial charge in [-0.15, -0.1) is 0 Å². The molecule has 1 aliphatic rings. The van der Waals surface area contributed by atoms with E-state index in [4.69, 9.17) is 5.73 Å². The predicted molar refractivity (Wildman–Crippen MR) is 74.6 cm³/mol. The van der Waals surface area contributed by atoms with Crippen molar-refractivity contribution in [2.45, 2.75) is 45.6 Å². The molecule has 3 heteroatoms. The second kappa shape index (κ2) is 5.42. The summed E-state index contributed by atoms with van der Waals surface area (Å²) in [6.07, 6.45) is 4.78. The molecule has 0 aliphatic heterocycles. The van der Waals surface area contributed by atoms with Crippen LogP contribution >= 0.6 is 0 Å². The summed E-state index contributed by atoms with van der Waals surface area (Å²) in [6, 6.07) is 5.96. The summed E-state index contributed by atoms with van der Waals surface area (Å²) in [4.78, 5) is 14.6. The van der Waals surface area contributed by atoms with Crippen LogP contribution in [0.5, 0.6) is 0 Å². The minimum Gasteiger partial charge on any atom is -0.399 e. The van der Waals surface area contributed by atoms with Gasteiger partial charge in [0, 0.05) is 23.8 Å². The number of amides is 1. The van der Waals surface area contributed by atoms with Crippen molar-refractivity contribution < 1.29 is 4.79 Å². The Balaban J connectivity index is 2.22. The summed E-state index contributed by atoms with van der Waals surface area (Å²) in [7, 11) is 0. The summed E-state index contributed by atoms with van der Waals surface area (Å²) >= 11 is 0. The van der Waals surface area contributed by atoms with Gasteiger partial charge in [0.15, 0.2) is 0 Å². The fraction of sp³-hybridized carbons (Fsp3) is 0.533. The molecule has 0 aromatic heterocycles. The first-order chi connectivity index (χ1) is 8.63. The van der Waals surface area contributed by atoms with E-state index in [0.29, 0.717) is 11.7 Å². The third kappa shape index (κ3) is 2.50. The highest BCUT2D eigenvalue weighted by Gasteiger charge is 2.26. The van der Waals surface area contributed by atoms with Crippen LogP contribution in [-0.2, 0) is 0 Å². The molecule has 98 valence electrons. The number of carbonyl (C=O) groups excluding carboxylic acids is 1. The Kier molecular flexibility index (Phi) is 3.90. The van der Waals surface area contributed by atoms with Gasteiger partial charge in [0.25, 0.3) is 5.91 Å². The molecule has 2 rings (SSSR count). The van der Waals surface area contributed by atoms with Crippen molar-refractivity contribution in [1.29, 1.82) is 0 Å². The van der Waals surface area contributed by atoms with Gasteiger partial charge in [-0.2, -0.15) is 0 Å². The maximum absolute atomic E-state index is 12.6. The first kappa shape index (κ1) is 12.9. The lowest BCUT2D eigenvalue weighted by Crippen LogP contribution is -2.38. The molecule has 1 aromatic carbocycles. The lowest BCUT2D eigenvalue weighted by atomic mass is 10.1.